The van der Waals surface area contributed by atoms with Gasteiger partial charge >= 0.3 is 0 Å². The third kappa shape index (κ3) is 3.11. The van der Waals surface area contributed by atoms with E-state index in [4.69, 9.17) is 0 Å². The fourth-order valence-corrected chi connectivity index (χ4v) is 3.23. The van der Waals surface area contributed by atoms with E-state index in [1.54, 1.807) is 12.4 Å². The van der Waals surface area contributed by atoms with Gasteiger partial charge in [-0.3, -0.25) is 9.19 Å². The van der Waals surface area contributed by atoms with E-state index < -0.39 is 10.8 Å². The van der Waals surface area contributed by atoms with Gasteiger partial charge in [0, 0.05) is 23.0 Å². The highest BCUT2D eigenvalue weighted by Gasteiger charge is 2.16. The van der Waals surface area contributed by atoms with E-state index in [1.165, 1.54) is 0 Å². The second-order valence-corrected chi connectivity index (χ2v) is 5.38. The Labute approximate surface area is 92.8 Å². The molecule has 1 N–H and O–H groups in total. The van der Waals surface area contributed by atoms with Crippen LogP contribution < -0.4 is 5.32 Å². The normalized spacial score (nSPS) is 20.0. The Morgan fingerprint density at radius 2 is 2.00 bits per heavy atom. The van der Waals surface area contributed by atoms with Gasteiger partial charge in [-0.15, -0.1) is 0 Å². The van der Waals surface area contributed by atoms with Gasteiger partial charge in [-0.2, -0.15) is 0 Å². The molecule has 15 heavy (non-hydrogen) atoms. The molecule has 1 aliphatic rings. The van der Waals surface area contributed by atoms with Crippen LogP contribution >= 0.6 is 0 Å². The van der Waals surface area contributed by atoms with Crippen molar-refractivity contribution < 1.29 is 4.21 Å². The molecule has 82 valence electrons. The molecule has 3 nitrogen and oxygen atoms in total. The lowest BCUT2D eigenvalue weighted by Crippen LogP contribution is -2.30. The predicted octanol–water partition coefficient (Wildman–Crippen LogP) is 1.19. The third-order valence-electron chi connectivity index (χ3n) is 2.76. The number of hydrogen-bond acceptors (Lipinski definition) is 3. The summed E-state index contributed by atoms with van der Waals surface area (Å²) in [5.41, 5.74) is 0. The van der Waals surface area contributed by atoms with E-state index >= 15 is 0 Å². The van der Waals surface area contributed by atoms with Gasteiger partial charge in [-0.25, -0.2) is 0 Å². The van der Waals surface area contributed by atoms with Gasteiger partial charge in [0.25, 0.3) is 0 Å². The van der Waals surface area contributed by atoms with E-state index in [9.17, 15) is 4.21 Å². The van der Waals surface area contributed by atoms with Crippen LogP contribution in [0.15, 0.2) is 29.4 Å². The maximum absolute atomic E-state index is 12.0. The van der Waals surface area contributed by atoms with Crippen LogP contribution in [-0.4, -0.2) is 28.0 Å². The number of rotatable bonds is 3. The van der Waals surface area contributed by atoms with Crippen LogP contribution in [0.5, 0.6) is 0 Å². The van der Waals surface area contributed by atoms with Gasteiger partial charge in [-0.1, -0.05) is 0 Å². The average molecular weight is 224 g/mol. The molecule has 1 fully saturated rings. The molecule has 0 radical (unpaired) electrons. The number of aromatic nitrogens is 1. The molecule has 1 saturated heterocycles. The maximum Gasteiger partial charge on any atom is 0.0533 e. The van der Waals surface area contributed by atoms with Gasteiger partial charge in [-0.05, 0) is 44.0 Å². The smallest absolute Gasteiger partial charge is 0.0533 e. The molecule has 1 aromatic rings. The first-order valence-corrected chi connectivity index (χ1v) is 6.67. The molecule has 0 saturated carbocycles. The summed E-state index contributed by atoms with van der Waals surface area (Å²) in [5.74, 6) is 1.41. The lowest BCUT2D eigenvalue weighted by molar-refractivity contribution is 0.405. The van der Waals surface area contributed by atoms with Crippen molar-refractivity contribution >= 4 is 10.8 Å². The average Bonchev–Trinajstić information content (AvgIpc) is 2.31. The van der Waals surface area contributed by atoms with Crippen LogP contribution in [0.2, 0.25) is 0 Å². The monoisotopic (exact) mass is 224 g/mol. The van der Waals surface area contributed by atoms with Gasteiger partial charge in [0.2, 0.25) is 0 Å². The zero-order valence-electron chi connectivity index (χ0n) is 8.69. The zero-order valence-corrected chi connectivity index (χ0v) is 9.50. The topological polar surface area (TPSA) is 42.0 Å². The van der Waals surface area contributed by atoms with Crippen LogP contribution in [0.4, 0.5) is 0 Å². The Morgan fingerprint density at radius 3 is 2.67 bits per heavy atom. The van der Waals surface area contributed by atoms with Crippen LogP contribution in [0.25, 0.3) is 0 Å². The predicted molar refractivity (Wildman–Crippen MR) is 61.1 cm³/mol. The van der Waals surface area contributed by atoms with Crippen LogP contribution in [0.3, 0.4) is 0 Å². The first-order chi connectivity index (χ1) is 7.36. The van der Waals surface area contributed by atoms with Crippen molar-refractivity contribution in [1.82, 2.24) is 10.3 Å². The van der Waals surface area contributed by atoms with Gasteiger partial charge in [0.1, 0.15) is 0 Å². The van der Waals surface area contributed by atoms with Gasteiger partial charge < -0.3 is 5.32 Å². The largest absolute Gasteiger partial charge is 0.317 e. The number of hydrogen-bond donors (Lipinski definition) is 1. The summed E-state index contributed by atoms with van der Waals surface area (Å²) < 4.78 is 12.0. The standard InChI is InChI=1S/C11H16N2OS/c14-15(11-3-7-13-8-4-11)9-10-1-5-12-6-2-10/h3-4,7-8,10,12H,1-2,5-6,9H2/t15-/m0/s1. The summed E-state index contributed by atoms with van der Waals surface area (Å²) >= 11 is 0. The van der Waals surface area contributed by atoms with Crippen molar-refractivity contribution in [2.24, 2.45) is 5.92 Å². The summed E-state index contributed by atoms with van der Waals surface area (Å²) in [4.78, 5) is 4.84. The Kier molecular flexibility index (Phi) is 3.86. The molecule has 2 heterocycles. The Bertz CT molecular complexity index is 323. The highest BCUT2D eigenvalue weighted by molar-refractivity contribution is 7.85. The Hall–Kier alpha value is -0.740. The van der Waals surface area contributed by atoms with Crippen molar-refractivity contribution in [2.75, 3.05) is 18.8 Å². The van der Waals surface area contributed by atoms with E-state index in [-0.39, 0.29) is 0 Å². The Balaban J connectivity index is 1.91. The molecule has 4 heteroatoms. The molecule has 2 rings (SSSR count). The number of pyridine rings is 1. The molecule has 1 aromatic heterocycles. The van der Waals surface area contributed by atoms with Crippen molar-refractivity contribution in [2.45, 2.75) is 17.7 Å². The van der Waals surface area contributed by atoms with Gasteiger partial charge in [0.05, 0.1) is 10.8 Å². The summed E-state index contributed by atoms with van der Waals surface area (Å²) in [7, 11) is -0.849. The summed E-state index contributed by atoms with van der Waals surface area (Å²) in [6, 6.07) is 3.69. The van der Waals surface area contributed by atoms with E-state index in [2.05, 4.69) is 10.3 Å². The molecule has 0 bridgehead atoms. The van der Waals surface area contributed by atoms with Crippen molar-refractivity contribution in [1.29, 1.82) is 0 Å². The fraction of sp³-hybridized carbons (Fsp3) is 0.545. The highest BCUT2D eigenvalue weighted by atomic mass is 32.2. The second kappa shape index (κ2) is 5.37. The number of nitrogens with one attached hydrogen (secondary N) is 1. The minimum absolute atomic E-state index is 0.611. The van der Waals surface area contributed by atoms with E-state index in [0.29, 0.717) is 5.92 Å². The zero-order chi connectivity index (χ0) is 10.5. The summed E-state index contributed by atoms with van der Waals surface area (Å²) in [6.07, 6.45) is 5.71. The van der Waals surface area contributed by atoms with Crippen LogP contribution in [-0.2, 0) is 10.8 Å². The number of piperidine rings is 1. The molecule has 0 spiro atoms. The van der Waals surface area contributed by atoms with Crippen LogP contribution in [0, 0.1) is 5.92 Å². The highest BCUT2D eigenvalue weighted by Crippen LogP contribution is 2.16. The lowest BCUT2D eigenvalue weighted by atomic mass is 10.0. The van der Waals surface area contributed by atoms with Gasteiger partial charge in [0.15, 0.2) is 0 Å². The third-order valence-corrected chi connectivity index (χ3v) is 4.33. The van der Waals surface area contributed by atoms with Crippen molar-refractivity contribution in [3.8, 4) is 0 Å². The summed E-state index contributed by atoms with van der Waals surface area (Å²) in [5, 5.41) is 3.32. The minimum atomic E-state index is -0.849. The second-order valence-electron chi connectivity index (χ2n) is 3.89. The fourth-order valence-electron chi connectivity index (χ4n) is 1.85. The number of nitrogens with zero attached hydrogens (tertiary/aromatic N) is 1. The summed E-state index contributed by atoms with van der Waals surface area (Å²) in [6.45, 7) is 2.14. The SMILES string of the molecule is O=[S@@](CC1CCNCC1)c1ccncc1. The molecule has 0 amide bonds. The molecular weight excluding hydrogens is 208 g/mol. The molecule has 0 aromatic carbocycles. The Morgan fingerprint density at radius 1 is 1.33 bits per heavy atom. The first kappa shape index (κ1) is 10.8. The molecule has 1 aliphatic heterocycles. The lowest BCUT2D eigenvalue weighted by Gasteiger charge is -2.21. The molecule has 0 unspecified atom stereocenters. The molecule has 0 aliphatic carbocycles. The van der Waals surface area contributed by atoms with Crippen molar-refractivity contribution in [3.63, 3.8) is 0 Å². The maximum atomic E-state index is 12.0. The van der Waals surface area contributed by atoms with Crippen molar-refractivity contribution in [3.05, 3.63) is 24.5 Å². The first-order valence-electron chi connectivity index (χ1n) is 5.35. The van der Waals surface area contributed by atoms with Crippen LogP contribution in [0.1, 0.15) is 12.8 Å². The van der Waals surface area contributed by atoms with E-state index in [1.807, 2.05) is 12.1 Å². The molecular formula is C11H16N2OS. The quantitative estimate of drug-likeness (QED) is 0.838. The minimum Gasteiger partial charge on any atom is -0.317 e. The molecule has 1 atom stereocenters. The van der Waals surface area contributed by atoms with E-state index in [0.717, 1.165) is 36.6 Å².